The zero-order valence-corrected chi connectivity index (χ0v) is 9.80. The summed E-state index contributed by atoms with van der Waals surface area (Å²) < 4.78 is 13.3. The Morgan fingerprint density at radius 2 is 1.81 bits per heavy atom. The van der Waals surface area contributed by atoms with E-state index < -0.39 is 0 Å². The molecule has 2 saturated heterocycles. The summed E-state index contributed by atoms with van der Waals surface area (Å²) in [6, 6.07) is 6.19. The van der Waals surface area contributed by atoms with Crippen LogP contribution in [0.3, 0.4) is 0 Å². The van der Waals surface area contributed by atoms with Gasteiger partial charge in [-0.25, -0.2) is 4.39 Å². The van der Waals surface area contributed by atoms with E-state index >= 15 is 0 Å². The van der Waals surface area contributed by atoms with Gasteiger partial charge in [-0.2, -0.15) is 0 Å². The van der Waals surface area contributed by atoms with Crippen LogP contribution >= 0.6 is 11.6 Å². The number of hydrogen-bond donors (Lipinski definition) is 1. The predicted octanol–water partition coefficient (Wildman–Crippen LogP) is 3.48. The highest BCUT2D eigenvalue weighted by molar-refractivity contribution is 6.30. The molecule has 1 aromatic carbocycles. The smallest absolute Gasteiger partial charge is 0.124 e. The summed E-state index contributed by atoms with van der Waals surface area (Å²) in [7, 11) is 0. The van der Waals surface area contributed by atoms with Gasteiger partial charge in [0.25, 0.3) is 0 Å². The molecule has 1 unspecified atom stereocenters. The minimum Gasteiger partial charge on any atom is -0.311 e. The van der Waals surface area contributed by atoms with Crippen molar-refractivity contribution in [2.24, 2.45) is 0 Å². The van der Waals surface area contributed by atoms with Crippen molar-refractivity contribution >= 4 is 11.6 Å². The minimum atomic E-state index is -0.214. The summed E-state index contributed by atoms with van der Waals surface area (Å²) in [5.74, 6) is 0.264. The van der Waals surface area contributed by atoms with E-state index in [4.69, 9.17) is 11.6 Å². The van der Waals surface area contributed by atoms with Crippen molar-refractivity contribution in [3.8, 4) is 0 Å². The second-order valence-corrected chi connectivity index (χ2v) is 5.45. The summed E-state index contributed by atoms with van der Waals surface area (Å²) in [5, 5.41) is 4.11. The van der Waals surface area contributed by atoms with Gasteiger partial charge in [0, 0.05) is 17.1 Å². The van der Waals surface area contributed by atoms with Gasteiger partial charge in [0.15, 0.2) is 0 Å². The molecule has 1 aromatic rings. The van der Waals surface area contributed by atoms with Crippen LogP contribution in [0.4, 0.5) is 4.39 Å². The van der Waals surface area contributed by atoms with E-state index in [2.05, 4.69) is 5.32 Å². The molecule has 1 nitrogen and oxygen atoms in total. The maximum atomic E-state index is 13.3. The van der Waals surface area contributed by atoms with Crippen LogP contribution in [0.15, 0.2) is 18.2 Å². The van der Waals surface area contributed by atoms with Crippen molar-refractivity contribution in [2.75, 3.05) is 0 Å². The van der Waals surface area contributed by atoms with Crippen molar-refractivity contribution in [1.82, 2.24) is 5.32 Å². The van der Waals surface area contributed by atoms with Crippen LogP contribution in [0.25, 0.3) is 0 Å². The highest BCUT2D eigenvalue weighted by atomic mass is 35.5. The average Bonchev–Trinajstić information content (AvgIpc) is 2.56. The Morgan fingerprint density at radius 3 is 2.44 bits per heavy atom. The Morgan fingerprint density at radius 1 is 1.12 bits per heavy atom. The second-order valence-electron chi connectivity index (χ2n) is 5.01. The molecule has 2 bridgehead atoms. The third-order valence-electron chi connectivity index (χ3n) is 3.83. The highest BCUT2D eigenvalue weighted by Gasteiger charge is 2.34. The summed E-state index contributed by atoms with van der Waals surface area (Å²) in [6.07, 6.45) is 4.78. The van der Waals surface area contributed by atoms with Crippen LogP contribution in [0.1, 0.15) is 37.2 Å². The molecule has 0 saturated carbocycles. The molecule has 2 fully saturated rings. The van der Waals surface area contributed by atoms with E-state index in [-0.39, 0.29) is 5.82 Å². The van der Waals surface area contributed by atoms with Crippen molar-refractivity contribution in [1.29, 1.82) is 0 Å². The molecular formula is C13H15ClFN. The zero-order chi connectivity index (χ0) is 11.1. The third kappa shape index (κ3) is 1.96. The van der Waals surface area contributed by atoms with Crippen molar-refractivity contribution in [3.05, 3.63) is 34.6 Å². The lowest BCUT2D eigenvalue weighted by atomic mass is 9.86. The van der Waals surface area contributed by atoms with E-state index in [0.717, 1.165) is 18.4 Å². The molecule has 3 heteroatoms. The molecule has 0 spiro atoms. The van der Waals surface area contributed by atoms with E-state index in [1.54, 1.807) is 6.07 Å². The highest BCUT2D eigenvalue weighted by Crippen LogP contribution is 2.37. The number of hydrogen-bond acceptors (Lipinski definition) is 1. The molecule has 2 aliphatic rings. The minimum absolute atomic E-state index is 0.214. The van der Waals surface area contributed by atoms with E-state index in [1.807, 2.05) is 6.07 Å². The number of rotatable bonds is 1. The monoisotopic (exact) mass is 239 g/mol. The first kappa shape index (κ1) is 10.5. The van der Waals surface area contributed by atoms with Crippen LogP contribution in [-0.2, 0) is 0 Å². The Balaban J connectivity index is 1.86. The Labute approximate surface area is 100.0 Å². The van der Waals surface area contributed by atoms with Crippen LogP contribution in [0, 0.1) is 5.82 Å². The van der Waals surface area contributed by atoms with Crippen molar-refractivity contribution in [2.45, 2.75) is 43.7 Å². The molecule has 1 N–H and O–H groups in total. The topological polar surface area (TPSA) is 12.0 Å². The molecule has 3 atom stereocenters. The van der Waals surface area contributed by atoms with E-state index in [1.165, 1.54) is 18.9 Å². The van der Waals surface area contributed by atoms with Crippen LogP contribution in [-0.4, -0.2) is 12.1 Å². The number of benzene rings is 1. The van der Waals surface area contributed by atoms with E-state index in [9.17, 15) is 4.39 Å². The largest absolute Gasteiger partial charge is 0.311 e. The predicted molar refractivity (Wildman–Crippen MR) is 63.3 cm³/mol. The van der Waals surface area contributed by atoms with Gasteiger partial charge in [-0.15, -0.1) is 0 Å². The SMILES string of the molecule is Fc1cc(Cl)cc(C2C[C@H]3CC[C@@H](C2)N3)c1. The van der Waals surface area contributed by atoms with Crippen molar-refractivity contribution < 1.29 is 4.39 Å². The summed E-state index contributed by atoms with van der Waals surface area (Å²) >= 11 is 5.90. The van der Waals surface area contributed by atoms with Crippen LogP contribution < -0.4 is 5.32 Å². The van der Waals surface area contributed by atoms with E-state index in [0.29, 0.717) is 23.0 Å². The first-order valence-corrected chi connectivity index (χ1v) is 6.30. The second kappa shape index (κ2) is 4.01. The maximum Gasteiger partial charge on any atom is 0.124 e. The molecule has 3 rings (SSSR count). The molecule has 86 valence electrons. The lowest BCUT2D eigenvalue weighted by Gasteiger charge is -2.29. The standard InChI is InChI=1S/C13H15ClFN/c14-10-3-8(4-11(15)7-10)9-5-12-1-2-13(6-9)16-12/h3-4,7,9,12-13,16H,1-2,5-6H2/t9?,12-,13+. The quantitative estimate of drug-likeness (QED) is 0.791. The molecule has 2 aliphatic heterocycles. The first-order chi connectivity index (χ1) is 7.70. The van der Waals surface area contributed by atoms with Gasteiger partial charge in [-0.1, -0.05) is 11.6 Å². The molecule has 0 aromatic heterocycles. The van der Waals surface area contributed by atoms with Gasteiger partial charge in [0.1, 0.15) is 5.82 Å². The Kier molecular flexibility index (Phi) is 2.64. The fourth-order valence-corrected chi connectivity index (χ4v) is 3.37. The van der Waals surface area contributed by atoms with Gasteiger partial charge < -0.3 is 5.32 Å². The maximum absolute atomic E-state index is 13.3. The third-order valence-corrected chi connectivity index (χ3v) is 4.05. The number of fused-ring (bicyclic) bond motifs is 2. The van der Waals surface area contributed by atoms with Crippen LogP contribution in [0.5, 0.6) is 0 Å². The Hall–Kier alpha value is -0.600. The van der Waals surface area contributed by atoms with Gasteiger partial charge in [0.05, 0.1) is 0 Å². The average molecular weight is 240 g/mol. The first-order valence-electron chi connectivity index (χ1n) is 5.93. The molecule has 0 radical (unpaired) electrons. The van der Waals surface area contributed by atoms with Crippen molar-refractivity contribution in [3.63, 3.8) is 0 Å². The summed E-state index contributed by atoms with van der Waals surface area (Å²) in [5.41, 5.74) is 1.07. The molecule has 16 heavy (non-hydrogen) atoms. The van der Waals surface area contributed by atoms with Gasteiger partial charge >= 0.3 is 0 Å². The van der Waals surface area contributed by atoms with Gasteiger partial charge in [-0.3, -0.25) is 0 Å². The summed E-state index contributed by atoms with van der Waals surface area (Å²) in [4.78, 5) is 0. The summed E-state index contributed by atoms with van der Waals surface area (Å²) in [6.45, 7) is 0. The van der Waals surface area contributed by atoms with Gasteiger partial charge in [0.2, 0.25) is 0 Å². The van der Waals surface area contributed by atoms with Crippen LogP contribution in [0.2, 0.25) is 5.02 Å². The Bertz CT molecular complexity index is 375. The normalized spacial score (nSPS) is 33.0. The lowest BCUT2D eigenvalue weighted by Crippen LogP contribution is -2.37. The van der Waals surface area contributed by atoms with Gasteiger partial charge in [-0.05, 0) is 55.4 Å². The number of piperidine rings is 1. The zero-order valence-electron chi connectivity index (χ0n) is 9.05. The fourth-order valence-electron chi connectivity index (χ4n) is 3.14. The fraction of sp³-hybridized carbons (Fsp3) is 0.538. The number of halogens is 2. The molecular weight excluding hydrogens is 225 g/mol. The number of nitrogens with one attached hydrogen (secondary N) is 1. The molecule has 0 amide bonds. The lowest BCUT2D eigenvalue weighted by molar-refractivity contribution is 0.362. The molecule has 2 heterocycles. The molecule has 0 aliphatic carbocycles.